The van der Waals surface area contributed by atoms with Gasteiger partial charge in [0.25, 0.3) is 0 Å². The van der Waals surface area contributed by atoms with Gasteiger partial charge in [-0.15, -0.1) is 0 Å². The number of esters is 1. The monoisotopic (exact) mass is 417 g/mol. The Labute approximate surface area is 169 Å². The molecule has 0 saturated carbocycles. The van der Waals surface area contributed by atoms with E-state index < -0.39 is 16.0 Å². The minimum atomic E-state index is -3.44. The van der Waals surface area contributed by atoms with Crippen molar-refractivity contribution in [2.75, 3.05) is 20.3 Å². The molecule has 0 aliphatic carbocycles. The quantitative estimate of drug-likeness (QED) is 0.538. The summed E-state index contributed by atoms with van der Waals surface area (Å²) in [4.78, 5) is 11.3. The number of methoxy groups -OCH3 is 1. The molecule has 0 aliphatic rings. The number of benzene rings is 2. The van der Waals surface area contributed by atoms with E-state index in [-0.39, 0.29) is 18.9 Å². The van der Waals surface area contributed by atoms with E-state index in [1.807, 2.05) is 31.2 Å². The lowest BCUT2D eigenvalue weighted by atomic mass is 10.1. The highest BCUT2D eigenvalue weighted by molar-refractivity contribution is 7.88. The summed E-state index contributed by atoms with van der Waals surface area (Å²) in [6.07, 6.45) is 0.466. The van der Waals surface area contributed by atoms with Crippen LogP contribution in [-0.2, 0) is 31.7 Å². The summed E-state index contributed by atoms with van der Waals surface area (Å²) in [6.45, 7) is 1.85. The molecule has 0 saturated heterocycles. The summed E-state index contributed by atoms with van der Waals surface area (Å²) < 4.78 is 43.1. The van der Waals surface area contributed by atoms with Gasteiger partial charge >= 0.3 is 5.97 Å². The number of hydrogen-bond donors (Lipinski definition) is 1. The number of fused-ring (bicyclic) bond motifs is 1. The summed E-state index contributed by atoms with van der Waals surface area (Å²) in [5.74, 6) is 0.561. The van der Waals surface area contributed by atoms with Gasteiger partial charge in [0.2, 0.25) is 10.0 Å². The Bertz CT molecular complexity index is 1090. The smallest absolute Gasteiger partial charge is 0.343 e. The minimum Gasteiger partial charge on any atom is -0.478 e. The fourth-order valence-electron chi connectivity index (χ4n) is 3.06. The van der Waals surface area contributed by atoms with Crippen molar-refractivity contribution in [1.29, 1.82) is 0 Å². The maximum absolute atomic E-state index is 12.3. The van der Waals surface area contributed by atoms with Gasteiger partial charge in [-0.3, -0.25) is 0 Å². The molecule has 0 atom stereocenters. The number of nitrogens with one attached hydrogen (secondary N) is 1. The molecule has 2 aromatic carbocycles. The van der Waals surface area contributed by atoms with Crippen LogP contribution in [0.2, 0.25) is 0 Å². The number of sulfonamides is 1. The Morgan fingerprint density at radius 2 is 1.86 bits per heavy atom. The fraction of sp³-hybridized carbons (Fsp3) is 0.286. The van der Waals surface area contributed by atoms with E-state index in [1.165, 1.54) is 7.11 Å². The van der Waals surface area contributed by atoms with E-state index in [4.69, 9.17) is 9.15 Å². The van der Waals surface area contributed by atoms with Gasteiger partial charge in [-0.1, -0.05) is 42.5 Å². The zero-order chi connectivity index (χ0) is 20.9. The zero-order valence-corrected chi connectivity index (χ0v) is 17.1. The molecule has 0 radical (unpaired) electrons. The second-order valence-electron chi connectivity index (χ2n) is 6.52. The van der Waals surface area contributed by atoms with Crippen molar-refractivity contribution < 1.29 is 27.1 Å². The molecule has 0 spiro atoms. The standard InChI is InChI=1S/C21H23NO6S/c1-15-17(11-12-22-29(24,25)14-16-7-4-3-5-8-16)18-9-6-10-19(21(18)28-15)27-13-20(23)26-2/h3-10,22H,11-14H2,1-2H3. The number of carbonyl (C=O) groups is 1. The number of ether oxygens (including phenoxy) is 2. The van der Waals surface area contributed by atoms with Crippen molar-refractivity contribution in [2.24, 2.45) is 0 Å². The van der Waals surface area contributed by atoms with Crippen molar-refractivity contribution in [3.63, 3.8) is 0 Å². The molecule has 3 aromatic rings. The summed E-state index contributed by atoms with van der Waals surface area (Å²) in [5, 5.41) is 0.826. The van der Waals surface area contributed by atoms with E-state index in [0.29, 0.717) is 23.5 Å². The van der Waals surface area contributed by atoms with E-state index in [0.717, 1.165) is 16.5 Å². The zero-order valence-electron chi connectivity index (χ0n) is 16.3. The Morgan fingerprint density at radius 1 is 1.10 bits per heavy atom. The predicted molar refractivity (Wildman–Crippen MR) is 109 cm³/mol. The van der Waals surface area contributed by atoms with Crippen molar-refractivity contribution >= 4 is 27.0 Å². The van der Waals surface area contributed by atoms with Crippen LogP contribution in [0.3, 0.4) is 0 Å². The predicted octanol–water partition coefficient (Wildman–Crippen LogP) is 2.96. The average Bonchev–Trinajstić information content (AvgIpc) is 3.02. The molecule has 0 fully saturated rings. The highest BCUT2D eigenvalue weighted by Crippen LogP contribution is 2.32. The summed E-state index contributed by atoms with van der Waals surface area (Å²) in [6, 6.07) is 14.4. The van der Waals surface area contributed by atoms with E-state index in [2.05, 4.69) is 9.46 Å². The lowest BCUT2D eigenvalue weighted by molar-refractivity contribution is -0.142. The first-order valence-electron chi connectivity index (χ1n) is 9.11. The second-order valence-corrected chi connectivity index (χ2v) is 8.33. The van der Waals surface area contributed by atoms with Gasteiger partial charge in [0.1, 0.15) is 5.76 Å². The van der Waals surface area contributed by atoms with E-state index >= 15 is 0 Å². The minimum absolute atomic E-state index is 0.0650. The van der Waals surface area contributed by atoms with Crippen LogP contribution in [0.4, 0.5) is 0 Å². The molecule has 8 heteroatoms. The van der Waals surface area contributed by atoms with Crippen molar-refractivity contribution in [3.8, 4) is 5.75 Å². The van der Waals surface area contributed by atoms with Crippen LogP contribution in [0.15, 0.2) is 52.9 Å². The van der Waals surface area contributed by atoms with Crippen molar-refractivity contribution in [3.05, 3.63) is 65.4 Å². The molecule has 1 N–H and O–H groups in total. The molecule has 0 unspecified atom stereocenters. The first kappa shape index (κ1) is 20.9. The average molecular weight is 417 g/mol. The molecule has 0 amide bonds. The molecular weight excluding hydrogens is 394 g/mol. The lowest BCUT2D eigenvalue weighted by Crippen LogP contribution is -2.27. The van der Waals surface area contributed by atoms with Crippen LogP contribution in [0.5, 0.6) is 5.75 Å². The van der Waals surface area contributed by atoms with Gasteiger partial charge in [-0.25, -0.2) is 17.9 Å². The van der Waals surface area contributed by atoms with Crippen LogP contribution in [-0.4, -0.2) is 34.6 Å². The molecule has 154 valence electrons. The van der Waals surface area contributed by atoms with E-state index in [1.54, 1.807) is 24.3 Å². The second kappa shape index (κ2) is 9.11. The summed E-state index contributed by atoms with van der Waals surface area (Å²) in [5.41, 5.74) is 2.15. The number of rotatable bonds is 9. The van der Waals surface area contributed by atoms with Gasteiger partial charge in [-0.05, 0) is 25.0 Å². The van der Waals surface area contributed by atoms with Crippen molar-refractivity contribution in [2.45, 2.75) is 19.1 Å². The number of furan rings is 1. The highest BCUT2D eigenvalue weighted by atomic mass is 32.2. The maximum Gasteiger partial charge on any atom is 0.343 e. The fourth-order valence-corrected chi connectivity index (χ4v) is 4.21. The van der Waals surface area contributed by atoms with Crippen LogP contribution < -0.4 is 9.46 Å². The first-order valence-corrected chi connectivity index (χ1v) is 10.8. The first-order chi connectivity index (χ1) is 13.9. The SMILES string of the molecule is COC(=O)COc1cccc2c(CCNS(=O)(=O)Cc3ccccc3)c(C)oc12. The number of para-hydroxylation sites is 1. The molecule has 7 nitrogen and oxygen atoms in total. The van der Waals surface area contributed by atoms with Gasteiger partial charge in [-0.2, -0.15) is 0 Å². The highest BCUT2D eigenvalue weighted by Gasteiger charge is 2.17. The van der Waals surface area contributed by atoms with Gasteiger partial charge in [0, 0.05) is 17.5 Å². The number of hydrogen-bond acceptors (Lipinski definition) is 6. The molecule has 29 heavy (non-hydrogen) atoms. The Balaban J connectivity index is 1.69. The Hall–Kier alpha value is -2.84. The molecule has 1 aromatic heterocycles. The third-order valence-electron chi connectivity index (χ3n) is 4.45. The van der Waals surface area contributed by atoms with Crippen LogP contribution in [0.1, 0.15) is 16.9 Å². The van der Waals surface area contributed by atoms with E-state index in [9.17, 15) is 13.2 Å². The summed E-state index contributed by atoms with van der Waals surface area (Å²) >= 11 is 0. The van der Waals surface area contributed by atoms with Gasteiger partial charge in [0.05, 0.1) is 12.9 Å². The molecule has 1 heterocycles. The number of aryl methyl sites for hydroxylation is 1. The lowest BCUT2D eigenvalue weighted by Gasteiger charge is -2.07. The van der Waals surface area contributed by atoms with Gasteiger partial charge < -0.3 is 13.9 Å². The van der Waals surface area contributed by atoms with Crippen LogP contribution >= 0.6 is 0 Å². The molecular formula is C21H23NO6S. The van der Waals surface area contributed by atoms with Crippen LogP contribution in [0.25, 0.3) is 11.0 Å². The third-order valence-corrected chi connectivity index (χ3v) is 5.81. The Morgan fingerprint density at radius 3 is 2.59 bits per heavy atom. The number of carbonyl (C=O) groups excluding carboxylic acids is 1. The van der Waals surface area contributed by atoms with Crippen LogP contribution in [0, 0.1) is 6.92 Å². The largest absolute Gasteiger partial charge is 0.478 e. The normalized spacial score (nSPS) is 11.5. The maximum atomic E-state index is 12.3. The third kappa shape index (κ3) is 5.36. The van der Waals surface area contributed by atoms with Gasteiger partial charge in [0.15, 0.2) is 17.9 Å². The van der Waals surface area contributed by atoms with Crippen molar-refractivity contribution in [1.82, 2.24) is 4.72 Å². The molecule has 0 bridgehead atoms. The molecule has 3 rings (SSSR count). The summed E-state index contributed by atoms with van der Waals surface area (Å²) in [7, 11) is -2.15. The Kier molecular flexibility index (Phi) is 6.56. The molecule has 0 aliphatic heterocycles. The topological polar surface area (TPSA) is 94.8 Å².